The van der Waals surface area contributed by atoms with Gasteiger partial charge in [-0.15, -0.1) is 0 Å². The van der Waals surface area contributed by atoms with E-state index in [1.54, 1.807) is 24.3 Å². The van der Waals surface area contributed by atoms with E-state index >= 15 is 0 Å². The maximum Gasteiger partial charge on any atom is 0.337 e. The smallest absolute Gasteiger partial charge is 0.337 e. The Labute approximate surface area is 187 Å². The highest BCUT2D eigenvalue weighted by Gasteiger charge is 2.24. The van der Waals surface area contributed by atoms with Crippen LogP contribution in [0.3, 0.4) is 0 Å². The highest BCUT2D eigenvalue weighted by molar-refractivity contribution is 7.93. The van der Waals surface area contributed by atoms with Crippen LogP contribution in [0.5, 0.6) is 0 Å². The van der Waals surface area contributed by atoms with E-state index in [-0.39, 0.29) is 16.9 Å². The molecule has 0 amide bonds. The molecule has 3 rings (SSSR count). The predicted molar refractivity (Wildman–Crippen MR) is 120 cm³/mol. The van der Waals surface area contributed by atoms with E-state index in [0.717, 1.165) is 12.1 Å². The number of para-hydroxylation sites is 1. The normalized spacial score (nSPS) is 11.0. The molecule has 0 atom stereocenters. The molecule has 0 spiro atoms. The van der Waals surface area contributed by atoms with Gasteiger partial charge in [0.05, 0.1) is 39.7 Å². The van der Waals surface area contributed by atoms with E-state index in [1.165, 1.54) is 36.5 Å². The second-order valence-corrected chi connectivity index (χ2v) is 8.15. The minimum absolute atomic E-state index is 0.0780. The number of non-ortho nitro benzene ring substituents is 1. The fourth-order valence-electron chi connectivity index (χ4n) is 2.72. The molecule has 0 aliphatic rings. The molecule has 0 aliphatic carbocycles. The van der Waals surface area contributed by atoms with Crippen molar-refractivity contribution in [2.75, 3.05) is 10.1 Å². The largest absolute Gasteiger partial charge is 0.478 e. The van der Waals surface area contributed by atoms with E-state index in [1.807, 2.05) is 6.07 Å². The maximum absolute atomic E-state index is 13.0. The van der Waals surface area contributed by atoms with E-state index in [0.29, 0.717) is 11.1 Å². The van der Waals surface area contributed by atoms with Crippen molar-refractivity contribution in [1.82, 2.24) is 0 Å². The van der Waals surface area contributed by atoms with Crippen LogP contribution in [0.15, 0.2) is 76.7 Å². The summed E-state index contributed by atoms with van der Waals surface area (Å²) in [7, 11) is -4.45. The van der Waals surface area contributed by atoms with Crippen LogP contribution in [0.1, 0.15) is 21.5 Å². The number of sulfonamides is 1. The summed E-state index contributed by atoms with van der Waals surface area (Å²) < 4.78 is 28.2. The number of rotatable bonds is 8. The fraction of sp³-hybridized carbons (Fsp3) is 0. The molecule has 0 aliphatic heterocycles. The summed E-state index contributed by atoms with van der Waals surface area (Å²) in [6.45, 7) is 0. The number of anilines is 2. The van der Waals surface area contributed by atoms with Gasteiger partial charge in [-0.05, 0) is 35.9 Å². The lowest BCUT2D eigenvalue weighted by Crippen LogP contribution is -2.17. The highest BCUT2D eigenvalue weighted by atomic mass is 32.2. The fourth-order valence-corrected chi connectivity index (χ4v) is 3.97. The van der Waals surface area contributed by atoms with Crippen LogP contribution in [-0.4, -0.2) is 30.6 Å². The van der Waals surface area contributed by atoms with Gasteiger partial charge >= 0.3 is 5.97 Å². The van der Waals surface area contributed by atoms with Crippen LogP contribution in [0.4, 0.5) is 17.1 Å². The average Bonchev–Trinajstić information content (AvgIpc) is 2.79. The Bertz CT molecular complexity index is 1400. The van der Waals surface area contributed by atoms with Crippen molar-refractivity contribution in [2.45, 2.75) is 4.90 Å². The molecule has 0 saturated carbocycles. The van der Waals surface area contributed by atoms with Crippen molar-refractivity contribution in [1.29, 1.82) is 5.26 Å². The van der Waals surface area contributed by atoms with Crippen LogP contribution < -0.4 is 10.1 Å². The molecule has 33 heavy (non-hydrogen) atoms. The number of nitriles is 1. The molecule has 3 N–H and O–H groups in total. The molecular formula is C21H15N5O6S. The van der Waals surface area contributed by atoms with Crippen LogP contribution in [0.25, 0.3) is 0 Å². The summed E-state index contributed by atoms with van der Waals surface area (Å²) >= 11 is 0. The van der Waals surface area contributed by atoms with Gasteiger partial charge in [-0.25, -0.2) is 13.2 Å². The third kappa shape index (κ3) is 5.49. The number of benzene rings is 3. The Hall–Kier alpha value is -4.76. The molecule has 0 fully saturated rings. The van der Waals surface area contributed by atoms with Gasteiger partial charge in [0.15, 0.2) is 0 Å². The first-order valence-electron chi connectivity index (χ1n) is 9.14. The lowest BCUT2D eigenvalue weighted by Gasteiger charge is -2.13. The molecule has 11 nitrogen and oxygen atoms in total. The van der Waals surface area contributed by atoms with Gasteiger partial charge in [-0.3, -0.25) is 20.3 Å². The van der Waals surface area contributed by atoms with Crippen molar-refractivity contribution >= 4 is 39.3 Å². The number of nitrogens with one attached hydrogen (secondary N) is 2. The molecule has 0 radical (unpaired) electrons. The lowest BCUT2D eigenvalue weighted by atomic mass is 10.2. The zero-order chi connectivity index (χ0) is 24.0. The number of hydrogen-bond donors (Lipinski definition) is 3. The summed E-state index contributed by atoms with van der Waals surface area (Å²) in [5.74, 6) is -1.35. The molecule has 0 unspecified atom stereocenters. The number of hydrazone groups is 1. The Morgan fingerprint density at radius 2 is 1.79 bits per heavy atom. The third-order valence-electron chi connectivity index (χ3n) is 4.31. The van der Waals surface area contributed by atoms with Gasteiger partial charge < -0.3 is 5.11 Å². The van der Waals surface area contributed by atoms with Crippen LogP contribution >= 0.6 is 0 Å². The maximum atomic E-state index is 13.0. The molecule has 0 heterocycles. The number of carboxylic acid groups (broad SMARTS) is 1. The first-order chi connectivity index (χ1) is 15.7. The molecule has 0 saturated heterocycles. The Balaban J connectivity index is 1.96. The van der Waals surface area contributed by atoms with Crippen molar-refractivity contribution < 1.29 is 23.2 Å². The second kappa shape index (κ2) is 9.58. The Morgan fingerprint density at radius 1 is 1.09 bits per heavy atom. The minimum atomic E-state index is -4.45. The topological polar surface area (TPSA) is 175 Å². The zero-order valence-corrected chi connectivity index (χ0v) is 17.5. The lowest BCUT2D eigenvalue weighted by molar-refractivity contribution is -0.385. The predicted octanol–water partition coefficient (Wildman–Crippen LogP) is 3.41. The molecule has 3 aromatic carbocycles. The monoisotopic (exact) mass is 465 g/mol. The van der Waals surface area contributed by atoms with Crippen LogP contribution in [-0.2, 0) is 10.0 Å². The first-order valence-corrected chi connectivity index (χ1v) is 10.6. The van der Waals surface area contributed by atoms with Crippen LogP contribution in [0.2, 0.25) is 0 Å². The summed E-state index contributed by atoms with van der Waals surface area (Å²) in [5, 5.41) is 33.3. The van der Waals surface area contributed by atoms with E-state index < -0.39 is 31.5 Å². The number of nitrogens with zero attached hydrogens (tertiary/aromatic N) is 3. The molecular weight excluding hydrogens is 450 g/mol. The highest BCUT2D eigenvalue weighted by Crippen LogP contribution is 2.29. The molecule has 0 bridgehead atoms. The van der Waals surface area contributed by atoms with Crippen molar-refractivity contribution in [3.05, 3.63) is 93.5 Å². The molecule has 12 heteroatoms. The number of carbonyl (C=O) groups is 1. The van der Waals surface area contributed by atoms with E-state index in [9.17, 15) is 28.4 Å². The van der Waals surface area contributed by atoms with Crippen molar-refractivity contribution in [3.8, 4) is 6.07 Å². The first kappa shape index (κ1) is 22.9. The van der Waals surface area contributed by atoms with Gasteiger partial charge in [-0.1, -0.05) is 24.3 Å². The zero-order valence-electron chi connectivity index (χ0n) is 16.7. The van der Waals surface area contributed by atoms with Crippen molar-refractivity contribution in [3.63, 3.8) is 0 Å². The molecule has 0 aromatic heterocycles. The van der Waals surface area contributed by atoms with Gasteiger partial charge in [-0.2, -0.15) is 10.4 Å². The summed E-state index contributed by atoms with van der Waals surface area (Å²) in [6, 6.07) is 16.8. The number of nitro benzene ring substituents is 1. The average molecular weight is 465 g/mol. The summed E-state index contributed by atoms with van der Waals surface area (Å²) in [5.41, 5.74) is 2.54. The molecule has 3 aromatic rings. The van der Waals surface area contributed by atoms with Gasteiger partial charge in [0.25, 0.3) is 15.7 Å². The van der Waals surface area contributed by atoms with E-state index in [4.69, 9.17) is 5.26 Å². The SMILES string of the molecule is N#Cc1ccc(/C=N/Nc2ccc([N+](=O)[O-])cc2S(=O)(=O)Nc2ccccc2C(=O)O)cc1. The van der Waals surface area contributed by atoms with Gasteiger partial charge in [0.2, 0.25) is 0 Å². The number of hydrogen-bond acceptors (Lipinski definition) is 8. The van der Waals surface area contributed by atoms with Gasteiger partial charge in [0, 0.05) is 12.1 Å². The van der Waals surface area contributed by atoms with Crippen molar-refractivity contribution in [2.24, 2.45) is 5.10 Å². The minimum Gasteiger partial charge on any atom is -0.478 e. The Morgan fingerprint density at radius 3 is 2.42 bits per heavy atom. The summed E-state index contributed by atoms with van der Waals surface area (Å²) in [6.07, 6.45) is 1.37. The van der Waals surface area contributed by atoms with Gasteiger partial charge in [0.1, 0.15) is 4.90 Å². The summed E-state index contributed by atoms with van der Waals surface area (Å²) in [4.78, 5) is 21.3. The number of aromatic carboxylic acids is 1. The number of nitro groups is 1. The Kier molecular flexibility index (Phi) is 6.65. The quantitative estimate of drug-likeness (QED) is 0.257. The van der Waals surface area contributed by atoms with E-state index in [2.05, 4.69) is 15.2 Å². The molecule has 166 valence electrons. The standard InChI is InChI=1S/C21H15N5O6S/c22-12-14-5-7-15(8-6-14)13-23-24-19-10-9-16(26(29)30)11-20(19)33(31,32)25-18-4-2-1-3-17(18)21(27)28/h1-11,13,24-25H,(H,27,28)/b23-13+. The second-order valence-electron chi connectivity index (χ2n) is 6.50. The van der Waals surface area contributed by atoms with Crippen LogP contribution in [0, 0.1) is 21.4 Å². The third-order valence-corrected chi connectivity index (χ3v) is 5.71. The number of carboxylic acids is 1.